The summed E-state index contributed by atoms with van der Waals surface area (Å²) in [6.07, 6.45) is 0. The molecule has 1 rings (SSSR count). The van der Waals surface area contributed by atoms with Gasteiger partial charge in [0, 0.05) is 0 Å². The molecular weight excluding hydrogens is 303 g/mol. The van der Waals surface area contributed by atoms with Gasteiger partial charge in [-0.25, -0.2) is 0 Å². The number of nitrogens with two attached hydrogens (primary N) is 1. The molecular formula is C6H8HgNO. The minimum Gasteiger partial charge on any atom is -0.412 e. The van der Waals surface area contributed by atoms with Crippen LogP contribution in [0.1, 0.15) is 0 Å². The topological polar surface area (TPSA) is 57.5 Å². The van der Waals surface area contributed by atoms with Gasteiger partial charge in [0.25, 0.3) is 0 Å². The molecule has 2 nitrogen and oxygen atoms in total. The van der Waals surface area contributed by atoms with Crippen molar-refractivity contribution in [1.82, 2.24) is 0 Å². The van der Waals surface area contributed by atoms with E-state index < -0.39 is 0 Å². The van der Waals surface area contributed by atoms with Crippen LogP contribution in [0.3, 0.4) is 0 Å². The molecule has 0 saturated heterocycles. The summed E-state index contributed by atoms with van der Waals surface area (Å²) < 4.78 is 1.44. The van der Waals surface area contributed by atoms with E-state index >= 15 is 0 Å². The van der Waals surface area contributed by atoms with E-state index in [4.69, 9.17) is 5.73 Å². The second-order valence-corrected chi connectivity index (χ2v) is 4.92. The zero-order valence-electron chi connectivity index (χ0n) is 5.09. The molecule has 0 heterocycles. The van der Waals surface area contributed by atoms with Crippen molar-refractivity contribution in [2.75, 3.05) is 5.73 Å². The van der Waals surface area contributed by atoms with E-state index in [0.717, 1.165) is 31.8 Å². The molecule has 9 heavy (non-hydrogen) atoms. The third kappa shape index (κ3) is 2.82. The second kappa shape index (κ2) is 3.85. The summed E-state index contributed by atoms with van der Waals surface area (Å²) in [5.74, 6) is 0. The first-order valence-electron chi connectivity index (χ1n) is 2.46. The van der Waals surface area contributed by atoms with E-state index in [-0.39, 0.29) is 5.48 Å². The van der Waals surface area contributed by atoms with Gasteiger partial charge in [0.05, 0.1) is 0 Å². The predicted octanol–water partition coefficient (Wildman–Crippen LogP) is -0.384. The van der Waals surface area contributed by atoms with Crippen LogP contribution in [0.4, 0.5) is 5.69 Å². The Balaban J connectivity index is 0.000000640. The van der Waals surface area contributed by atoms with E-state index in [1.54, 1.807) is 0 Å². The van der Waals surface area contributed by atoms with Crippen molar-refractivity contribution in [3.63, 3.8) is 0 Å². The van der Waals surface area contributed by atoms with Crippen molar-refractivity contribution >= 4 is 8.76 Å². The van der Waals surface area contributed by atoms with Gasteiger partial charge in [0.15, 0.2) is 0 Å². The van der Waals surface area contributed by atoms with Gasteiger partial charge < -0.3 is 5.48 Å². The van der Waals surface area contributed by atoms with Gasteiger partial charge in [-0.15, -0.1) is 0 Å². The van der Waals surface area contributed by atoms with E-state index in [1.807, 2.05) is 12.1 Å². The molecule has 1 aromatic rings. The van der Waals surface area contributed by atoms with Crippen LogP contribution in [0.15, 0.2) is 24.3 Å². The number of hydrogen-bond acceptors (Lipinski definition) is 1. The number of hydrogen-bond donors (Lipinski definition) is 1. The maximum atomic E-state index is 5.45. The van der Waals surface area contributed by atoms with Gasteiger partial charge >= 0.3 is 64.9 Å². The maximum Gasteiger partial charge on any atom is -0.412 e. The van der Waals surface area contributed by atoms with Crippen molar-refractivity contribution in [3.8, 4) is 0 Å². The van der Waals surface area contributed by atoms with Gasteiger partial charge in [0.1, 0.15) is 0 Å². The summed E-state index contributed by atoms with van der Waals surface area (Å²) in [5, 5.41) is 0. The summed E-state index contributed by atoms with van der Waals surface area (Å²) >= 11 is 0.746. The Hall–Kier alpha value is -0.0849. The fourth-order valence-electron chi connectivity index (χ4n) is 0.518. The molecule has 45 valence electrons. The Morgan fingerprint density at radius 2 is 1.56 bits per heavy atom. The Bertz CT molecular complexity index is 152. The number of nitrogen functional groups attached to an aromatic ring is 1. The molecule has 0 radical (unpaired) electrons. The third-order valence-corrected chi connectivity index (χ3v) is 2.81. The van der Waals surface area contributed by atoms with Gasteiger partial charge in [-0.05, 0) is 0 Å². The van der Waals surface area contributed by atoms with Crippen LogP contribution >= 0.6 is 0 Å². The standard InChI is InChI=1S/C6H6N.Hg.H2O/c7-6-4-2-1-3-5-6;;/h2-5H,7H2;;1H2. The zero-order chi connectivity index (χ0) is 5.98. The molecule has 0 amide bonds. The fourth-order valence-corrected chi connectivity index (χ4v) is 1.43. The smallest absolute Gasteiger partial charge is 0.412 e. The quantitative estimate of drug-likeness (QED) is 0.515. The summed E-state index contributed by atoms with van der Waals surface area (Å²) in [6, 6.07) is 8.06. The van der Waals surface area contributed by atoms with Crippen LogP contribution in [0.5, 0.6) is 0 Å². The van der Waals surface area contributed by atoms with Crippen molar-refractivity contribution in [1.29, 1.82) is 0 Å². The molecule has 0 atom stereocenters. The average Bonchev–Trinajstić information content (AvgIpc) is 1.77. The molecule has 4 N–H and O–H groups in total. The van der Waals surface area contributed by atoms with E-state index in [2.05, 4.69) is 12.1 Å². The predicted molar refractivity (Wildman–Crippen MR) is 34.1 cm³/mol. The molecule has 0 fully saturated rings. The first kappa shape index (κ1) is 8.92. The summed E-state index contributed by atoms with van der Waals surface area (Å²) in [5.41, 5.74) is 6.31. The molecule has 0 aromatic heterocycles. The van der Waals surface area contributed by atoms with E-state index in [9.17, 15) is 0 Å². The van der Waals surface area contributed by atoms with Crippen molar-refractivity contribution in [2.24, 2.45) is 0 Å². The van der Waals surface area contributed by atoms with Crippen LogP contribution in [-0.4, -0.2) is 5.48 Å². The van der Waals surface area contributed by atoms with Gasteiger partial charge in [-0.2, -0.15) is 0 Å². The Kier molecular flexibility index (Phi) is 3.81. The first-order valence-corrected chi connectivity index (χ1v) is 5.21. The fraction of sp³-hybridized carbons (Fsp3) is 0. The van der Waals surface area contributed by atoms with Crippen molar-refractivity contribution in [2.45, 2.75) is 0 Å². The molecule has 0 saturated carbocycles. The molecule has 3 heteroatoms. The summed E-state index contributed by atoms with van der Waals surface area (Å²) in [4.78, 5) is 0. The van der Waals surface area contributed by atoms with Crippen LogP contribution in [-0.2, 0) is 26.1 Å². The monoisotopic (exact) mass is 312 g/mol. The second-order valence-electron chi connectivity index (χ2n) is 1.74. The molecule has 0 aliphatic carbocycles. The zero-order valence-corrected chi connectivity index (χ0v) is 10.6. The maximum absolute atomic E-state index is 5.45. The third-order valence-electron chi connectivity index (χ3n) is 0.980. The number of benzene rings is 1. The largest absolute Gasteiger partial charge is 0.412 e. The van der Waals surface area contributed by atoms with Crippen LogP contribution in [0, 0.1) is 0 Å². The first-order chi connectivity index (χ1) is 3.79. The van der Waals surface area contributed by atoms with Crippen molar-refractivity contribution in [3.05, 3.63) is 24.3 Å². The van der Waals surface area contributed by atoms with Gasteiger partial charge in [-0.3, -0.25) is 0 Å². The average molecular weight is 311 g/mol. The Labute approximate surface area is 70.3 Å². The minimum absolute atomic E-state index is 0. The molecule has 0 unspecified atom stereocenters. The molecule has 0 spiro atoms. The molecule has 0 bridgehead atoms. The van der Waals surface area contributed by atoms with Crippen LogP contribution < -0.4 is 8.81 Å². The summed E-state index contributed by atoms with van der Waals surface area (Å²) in [6.45, 7) is 0. The number of rotatable bonds is 0. The van der Waals surface area contributed by atoms with Crippen LogP contribution in [0.25, 0.3) is 0 Å². The van der Waals surface area contributed by atoms with E-state index in [0.29, 0.717) is 0 Å². The molecule has 1 aromatic carbocycles. The molecule has 0 aliphatic heterocycles. The Morgan fingerprint density at radius 3 is 1.89 bits per heavy atom. The normalized spacial score (nSPS) is 8.22. The minimum atomic E-state index is 0. The van der Waals surface area contributed by atoms with E-state index in [1.165, 1.54) is 3.07 Å². The van der Waals surface area contributed by atoms with Crippen molar-refractivity contribution < 1.29 is 31.6 Å². The SMILES string of the molecule is Nc1cc[c]([Hg])cc1.O. The van der Waals surface area contributed by atoms with Crippen LogP contribution in [0.2, 0.25) is 0 Å². The molecule has 0 aliphatic rings. The number of anilines is 1. The van der Waals surface area contributed by atoms with Gasteiger partial charge in [-0.1, -0.05) is 0 Å². The summed E-state index contributed by atoms with van der Waals surface area (Å²) in [7, 11) is 0. The van der Waals surface area contributed by atoms with Gasteiger partial charge in [0.2, 0.25) is 0 Å². The Morgan fingerprint density at radius 1 is 1.11 bits per heavy atom.